The van der Waals surface area contributed by atoms with E-state index in [1.165, 1.54) is 6.08 Å². The molecule has 1 aromatic heterocycles. The number of hydrogen-bond donors (Lipinski definition) is 1. The van der Waals surface area contributed by atoms with Crippen molar-refractivity contribution >= 4 is 6.08 Å². The fourth-order valence-electron chi connectivity index (χ4n) is 3.31. The Labute approximate surface area is 190 Å². The second-order valence-electron chi connectivity index (χ2n) is 7.66. The van der Waals surface area contributed by atoms with E-state index in [-0.39, 0.29) is 5.63 Å². The van der Waals surface area contributed by atoms with Gasteiger partial charge in [0.05, 0.1) is 18.8 Å². The van der Waals surface area contributed by atoms with Crippen molar-refractivity contribution in [2.75, 3.05) is 7.11 Å². The molecule has 0 aliphatic rings. The molecule has 1 atom stereocenters. The average Bonchev–Trinajstić information content (AvgIpc) is 2.78. The normalized spacial score (nSPS) is 13.4. The number of aliphatic hydroxyl groups excluding tert-OH is 1. The van der Waals surface area contributed by atoms with Gasteiger partial charge < -0.3 is 14.3 Å². The molecule has 0 saturated carbocycles. The molecule has 0 radical (unpaired) electrons. The van der Waals surface area contributed by atoms with E-state index >= 15 is 0 Å². The molecule has 4 nitrogen and oxygen atoms in total. The summed E-state index contributed by atoms with van der Waals surface area (Å²) in [6.45, 7) is 11.3. The molecule has 32 heavy (non-hydrogen) atoms. The first kappa shape index (κ1) is 24.9. The first-order valence-corrected chi connectivity index (χ1v) is 10.5. The summed E-state index contributed by atoms with van der Waals surface area (Å²) in [5, 5.41) is 10.1. The number of rotatable bonds is 9. The molecule has 1 aromatic carbocycles. The summed E-state index contributed by atoms with van der Waals surface area (Å²) < 4.78 is 10.8. The number of aliphatic hydroxyl groups is 1. The van der Waals surface area contributed by atoms with Crippen molar-refractivity contribution in [3.63, 3.8) is 0 Å². The fourth-order valence-corrected chi connectivity index (χ4v) is 3.31. The number of methoxy groups -OCH3 is 1. The Hall–Kier alpha value is -3.37. The summed E-state index contributed by atoms with van der Waals surface area (Å²) in [6.07, 6.45) is 15.1. The van der Waals surface area contributed by atoms with Crippen molar-refractivity contribution in [1.29, 1.82) is 0 Å². The molecule has 0 saturated heterocycles. The highest BCUT2D eigenvalue weighted by Crippen LogP contribution is 2.24. The third-order valence-electron chi connectivity index (χ3n) is 5.19. The average molecular weight is 433 g/mol. The fraction of sp³-hybridized carbons (Fsp3) is 0.250. The molecule has 4 heteroatoms. The Kier molecular flexibility index (Phi) is 9.23. The Balaban J connectivity index is 2.03. The number of hydrogen-bond acceptors (Lipinski definition) is 4. The minimum absolute atomic E-state index is 0.365. The van der Waals surface area contributed by atoms with Crippen LogP contribution >= 0.6 is 0 Å². The standard InChI is InChI=1S/C28H32O4/c1-7-25(29)24-18-20(3)14-16-23(24)13-11-9-8-10-12-19(2)15-17-26-21(4)27(31-6)22(5)28(30)32-26/h7-16,18,25,29H,1,17H2,2-6H3/b9-8+,12-10+,13-11-,19-15+. The zero-order valence-corrected chi connectivity index (χ0v) is 19.5. The predicted molar refractivity (Wildman–Crippen MR) is 132 cm³/mol. The SMILES string of the molecule is C=CC(O)c1cc(C)ccc1\C=C/C=C/C=C/C(C)=C/Cc1oc(=O)c(C)c(OC)c1C. The van der Waals surface area contributed by atoms with E-state index in [4.69, 9.17) is 9.15 Å². The maximum Gasteiger partial charge on any atom is 0.342 e. The number of aryl methyl sites for hydroxylation is 1. The third-order valence-corrected chi connectivity index (χ3v) is 5.19. The maximum absolute atomic E-state index is 12.0. The zero-order chi connectivity index (χ0) is 23.7. The molecule has 0 aliphatic heterocycles. The van der Waals surface area contributed by atoms with Crippen molar-refractivity contribution in [3.8, 4) is 5.75 Å². The number of ether oxygens (including phenoxy) is 1. The van der Waals surface area contributed by atoms with E-state index in [0.29, 0.717) is 23.5 Å². The Morgan fingerprint density at radius 3 is 2.56 bits per heavy atom. The topological polar surface area (TPSA) is 59.7 Å². The van der Waals surface area contributed by atoms with Crippen molar-refractivity contribution in [3.05, 3.63) is 117 Å². The lowest BCUT2D eigenvalue weighted by Gasteiger charge is -2.10. The Morgan fingerprint density at radius 2 is 1.88 bits per heavy atom. The summed E-state index contributed by atoms with van der Waals surface area (Å²) in [7, 11) is 1.56. The summed E-state index contributed by atoms with van der Waals surface area (Å²) in [5.41, 5.74) is 4.92. The van der Waals surface area contributed by atoms with Gasteiger partial charge in [0.1, 0.15) is 11.5 Å². The minimum Gasteiger partial charge on any atom is -0.496 e. The lowest BCUT2D eigenvalue weighted by molar-refractivity contribution is 0.229. The number of allylic oxidation sites excluding steroid dienone is 7. The molecule has 0 fully saturated rings. The Morgan fingerprint density at radius 1 is 1.16 bits per heavy atom. The molecule has 0 amide bonds. The van der Waals surface area contributed by atoms with Crippen LogP contribution in [0, 0.1) is 20.8 Å². The largest absolute Gasteiger partial charge is 0.496 e. The molecule has 2 aromatic rings. The maximum atomic E-state index is 12.0. The van der Waals surface area contributed by atoms with Crippen LogP contribution in [0.15, 0.2) is 82.1 Å². The highest BCUT2D eigenvalue weighted by Gasteiger charge is 2.13. The molecular weight excluding hydrogens is 400 g/mol. The van der Waals surface area contributed by atoms with Gasteiger partial charge in [-0.05, 0) is 38.8 Å². The van der Waals surface area contributed by atoms with Gasteiger partial charge in [0.15, 0.2) is 0 Å². The quantitative estimate of drug-likeness (QED) is 0.384. The first-order chi connectivity index (χ1) is 15.3. The van der Waals surface area contributed by atoms with Crippen LogP contribution in [0.2, 0.25) is 0 Å². The van der Waals surface area contributed by atoms with Crippen LogP contribution in [0.1, 0.15) is 46.6 Å². The zero-order valence-electron chi connectivity index (χ0n) is 19.5. The van der Waals surface area contributed by atoms with Crippen molar-refractivity contribution < 1.29 is 14.3 Å². The molecule has 1 N–H and O–H groups in total. The van der Waals surface area contributed by atoms with Gasteiger partial charge in [-0.1, -0.05) is 77.9 Å². The van der Waals surface area contributed by atoms with Gasteiger partial charge in [-0.25, -0.2) is 4.79 Å². The highest BCUT2D eigenvalue weighted by molar-refractivity contribution is 5.57. The summed E-state index contributed by atoms with van der Waals surface area (Å²) in [4.78, 5) is 12.0. The summed E-state index contributed by atoms with van der Waals surface area (Å²) in [5.74, 6) is 1.20. The second kappa shape index (κ2) is 11.9. The van der Waals surface area contributed by atoms with Crippen LogP contribution in [0.25, 0.3) is 6.08 Å². The van der Waals surface area contributed by atoms with Crippen LogP contribution in [0.3, 0.4) is 0 Å². The molecule has 2 rings (SSSR count). The first-order valence-electron chi connectivity index (χ1n) is 10.5. The molecule has 1 heterocycles. The van der Waals surface area contributed by atoms with E-state index in [9.17, 15) is 9.90 Å². The van der Waals surface area contributed by atoms with E-state index in [1.807, 2.05) is 81.5 Å². The molecule has 168 valence electrons. The number of benzene rings is 1. The van der Waals surface area contributed by atoms with Crippen LogP contribution < -0.4 is 10.4 Å². The van der Waals surface area contributed by atoms with Crippen LogP contribution in [0.5, 0.6) is 5.75 Å². The van der Waals surface area contributed by atoms with E-state index in [2.05, 4.69) is 6.58 Å². The minimum atomic E-state index is -0.687. The molecule has 1 unspecified atom stereocenters. The summed E-state index contributed by atoms with van der Waals surface area (Å²) in [6, 6.07) is 5.98. The van der Waals surface area contributed by atoms with Crippen LogP contribution in [-0.4, -0.2) is 12.2 Å². The van der Waals surface area contributed by atoms with E-state index in [1.54, 1.807) is 14.0 Å². The van der Waals surface area contributed by atoms with Crippen LogP contribution in [0.4, 0.5) is 0 Å². The highest BCUT2D eigenvalue weighted by atomic mass is 16.5. The molecular formula is C28H32O4. The summed E-state index contributed by atoms with van der Waals surface area (Å²) >= 11 is 0. The third kappa shape index (κ3) is 6.56. The molecule has 0 aliphatic carbocycles. The lowest BCUT2D eigenvalue weighted by atomic mass is 9.99. The van der Waals surface area contributed by atoms with E-state index in [0.717, 1.165) is 27.8 Å². The molecule has 0 bridgehead atoms. The van der Waals surface area contributed by atoms with E-state index < -0.39 is 6.10 Å². The van der Waals surface area contributed by atoms with Gasteiger partial charge >= 0.3 is 5.63 Å². The van der Waals surface area contributed by atoms with Gasteiger partial charge in [-0.2, -0.15) is 0 Å². The van der Waals surface area contributed by atoms with Crippen molar-refractivity contribution in [2.45, 2.75) is 40.2 Å². The van der Waals surface area contributed by atoms with Crippen molar-refractivity contribution in [2.24, 2.45) is 0 Å². The predicted octanol–water partition coefficient (Wildman–Crippen LogP) is 6.11. The van der Waals surface area contributed by atoms with Gasteiger partial charge in [0, 0.05) is 12.0 Å². The van der Waals surface area contributed by atoms with Gasteiger partial charge in [0.2, 0.25) is 0 Å². The monoisotopic (exact) mass is 432 g/mol. The smallest absolute Gasteiger partial charge is 0.342 e. The molecule has 0 spiro atoms. The Bertz CT molecular complexity index is 1130. The lowest BCUT2D eigenvalue weighted by Crippen LogP contribution is -2.10. The van der Waals surface area contributed by atoms with Crippen molar-refractivity contribution in [1.82, 2.24) is 0 Å². The van der Waals surface area contributed by atoms with Gasteiger partial charge in [-0.15, -0.1) is 6.58 Å². The van der Waals surface area contributed by atoms with Crippen LogP contribution in [-0.2, 0) is 6.42 Å². The van der Waals surface area contributed by atoms with Gasteiger partial charge in [0.25, 0.3) is 0 Å². The van der Waals surface area contributed by atoms with Gasteiger partial charge in [-0.3, -0.25) is 0 Å². The second-order valence-corrected chi connectivity index (χ2v) is 7.66.